The molecule has 1 N–H and O–H groups in total. The van der Waals surface area contributed by atoms with E-state index in [0.717, 1.165) is 31.5 Å². The quantitative estimate of drug-likeness (QED) is 0.859. The summed E-state index contributed by atoms with van der Waals surface area (Å²) in [5, 5.41) is 3.36. The van der Waals surface area contributed by atoms with Gasteiger partial charge in [0.2, 0.25) is 10.0 Å². The Morgan fingerprint density at radius 1 is 1.12 bits per heavy atom. The van der Waals surface area contributed by atoms with E-state index in [9.17, 15) is 8.42 Å². The minimum absolute atomic E-state index is 0. The van der Waals surface area contributed by atoms with Crippen LogP contribution in [0.3, 0.4) is 0 Å². The number of hydrogen-bond donors (Lipinski definition) is 1. The molecule has 0 aliphatic carbocycles. The average Bonchev–Trinajstić information content (AvgIpc) is 2.52. The topological polar surface area (TPSA) is 49.4 Å². The Balaban J connectivity index is 0.00000288. The Kier molecular flexibility index (Phi) is 7.73. The molecule has 6 heteroatoms. The summed E-state index contributed by atoms with van der Waals surface area (Å²) in [6.45, 7) is 11.7. The Bertz CT molecular complexity index is 601. The molecule has 1 aliphatic heterocycles. The first kappa shape index (κ1) is 21.4. The van der Waals surface area contributed by atoms with Crippen LogP contribution in [0.15, 0.2) is 29.2 Å². The fraction of sp³-hybridized carbons (Fsp3) is 0.667. The molecule has 0 unspecified atom stereocenters. The van der Waals surface area contributed by atoms with Gasteiger partial charge in [-0.2, -0.15) is 4.31 Å². The van der Waals surface area contributed by atoms with Crippen LogP contribution in [0, 0.1) is 5.92 Å². The average molecular weight is 375 g/mol. The Morgan fingerprint density at radius 2 is 1.67 bits per heavy atom. The van der Waals surface area contributed by atoms with Gasteiger partial charge in [0.25, 0.3) is 0 Å². The van der Waals surface area contributed by atoms with E-state index in [2.05, 4.69) is 33.0 Å². The van der Waals surface area contributed by atoms with Crippen LogP contribution in [0.2, 0.25) is 0 Å². The van der Waals surface area contributed by atoms with Gasteiger partial charge in [-0.15, -0.1) is 12.4 Å². The number of piperidine rings is 1. The highest BCUT2D eigenvalue weighted by Crippen LogP contribution is 2.26. The lowest BCUT2D eigenvalue weighted by Gasteiger charge is -2.31. The lowest BCUT2D eigenvalue weighted by molar-refractivity contribution is 0.268. The van der Waals surface area contributed by atoms with Crippen molar-refractivity contribution in [2.45, 2.75) is 50.8 Å². The molecule has 2 rings (SSSR count). The van der Waals surface area contributed by atoms with Crippen molar-refractivity contribution in [3.05, 3.63) is 29.8 Å². The second kappa shape index (κ2) is 8.65. The fourth-order valence-corrected chi connectivity index (χ4v) is 4.45. The van der Waals surface area contributed by atoms with Crippen molar-refractivity contribution in [2.24, 2.45) is 5.92 Å². The largest absolute Gasteiger partial charge is 0.317 e. The highest BCUT2D eigenvalue weighted by molar-refractivity contribution is 7.89. The Labute approximate surface area is 153 Å². The van der Waals surface area contributed by atoms with Crippen LogP contribution in [0.1, 0.15) is 46.1 Å². The van der Waals surface area contributed by atoms with Crippen molar-refractivity contribution in [3.8, 4) is 0 Å². The smallest absolute Gasteiger partial charge is 0.243 e. The molecule has 0 radical (unpaired) electrons. The molecule has 0 spiro atoms. The summed E-state index contributed by atoms with van der Waals surface area (Å²) in [5.74, 6) is 0.588. The van der Waals surface area contributed by atoms with Crippen LogP contribution in [-0.2, 0) is 15.4 Å². The number of sulfonamides is 1. The highest BCUT2D eigenvalue weighted by Gasteiger charge is 2.29. The first-order valence-corrected chi connectivity index (χ1v) is 10.0. The van der Waals surface area contributed by atoms with E-state index in [1.807, 2.05) is 12.1 Å². The van der Waals surface area contributed by atoms with Gasteiger partial charge in [-0.05, 0) is 55.0 Å². The lowest BCUT2D eigenvalue weighted by Crippen LogP contribution is -2.40. The van der Waals surface area contributed by atoms with Gasteiger partial charge >= 0.3 is 0 Å². The van der Waals surface area contributed by atoms with E-state index in [1.165, 1.54) is 0 Å². The van der Waals surface area contributed by atoms with Crippen molar-refractivity contribution in [1.29, 1.82) is 0 Å². The van der Waals surface area contributed by atoms with E-state index in [-0.39, 0.29) is 17.8 Å². The van der Waals surface area contributed by atoms with E-state index in [0.29, 0.717) is 23.9 Å². The van der Waals surface area contributed by atoms with Gasteiger partial charge in [0.1, 0.15) is 0 Å². The zero-order chi connectivity index (χ0) is 17.1. The maximum atomic E-state index is 12.8. The number of benzene rings is 1. The number of nitrogens with one attached hydrogen (secondary N) is 1. The normalized spacial score (nSPS) is 17.5. The van der Waals surface area contributed by atoms with Crippen molar-refractivity contribution >= 4 is 22.4 Å². The third-order valence-electron chi connectivity index (χ3n) is 4.61. The standard InChI is InChI=1S/C18H30N2O2S.ClH/c1-5-19-14-15-10-12-20(13-11-15)23(21,22)17-8-6-16(7-9-17)18(2,3)4;/h6-9,15,19H,5,10-14H2,1-4H3;1H. The molecule has 0 amide bonds. The van der Waals surface area contributed by atoms with Gasteiger partial charge < -0.3 is 5.32 Å². The Hall–Kier alpha value is -0.620. The monoisotopic (exact) mass is 374 g/mol. The van der Waals surface area contributed by atoms with E-state index < -0.39 is 10.0 Å². The summed E-state index contributed by atoms with van der Waals surface area (Å²) >= 11 is 0. The second-order valence-corrected chi connectivity index (χ2v) is 9.37. The van der Waals surface area contributed by atoms with Crippen molar-refractivity contribution in [2.75, 3.05) is 26.2 Å². The number of rotatable bonds is 5. The van der Waals surface area contributed by atoms with Crippen molar-refractivity contribution < 1.29 is 8.42 Å². The fourth-order valence-electron chi connectivity index (χ4n) is 2.98. The van der Waals surface area contributed by atoms with E-state index in [4.69, 9.17) is 0 Å². The summed E-state index contributed by atoms with van der Waals surface area (Å²) < 4.78 is 27.2. The van der Waals surface area contributed by atoms with Gasteiger partial charge in [0.15, 0.2) is 0 Å². The Morgan fingerprint density at radius 3 is 2.12 bits per heavy atom. The van der Waals surface area contributed by atoms with Crippen LogP contribution < -0.4 is 5.32 Å². The first-order chi connectivity index (χ1) is 10.7. The number of nitrogens with zero attached hydrogens (tertiary/aromatic N) is 1. The van der Waals surface area contributed by atoms with Crippen LogP contribution in [-0.4, -0.2) is 38.9 Å². The van der Waals surface area contributed by atoms with Gasteiger partial charge in [0.05, 0.1) is 4.90 Å². The molecule has 1 aliphatic rings. The number of halogens is 1. The zero-order valence-corrected chi connectivity index (χ0v) is 16.8. The van der Waals surface area contributed by atoms with Gasteiger partial charge in [0, 0.05) is 13.1 Å². The minimum atomic E-state index is -3.36. The van der Waals surface area contributed by atoms with Crippen LogP contribution in [0.4, 0.5) is 0 Å². The summed E-state index contributed by atoms with van der Waals surface area (Å²) in [5.41, 5.74) is 1.19. The molecule has 1 heterocycles. The number of hydrogen-bond acceptors (Lipinski definition) is 3. The SMILES string of the molecule is CCNCC1CCN(S(=O)(=O)c2ccc(C(C)(C)C)cc2)CC1.Cl. The zero-order valence-electron chi connectivity index (χ0n) is 15.2. The van der Waals surface area contributed by atoms with E-state index in [1.54, 1.807) is 16.4 Å². The minimum Gasteiger partial charge on any atom is -0.317 e. The van der Waals surface area contributed by atoms with E-state index >= 15 is 0 Å². The molecule has 4 nitrogen and oxygen atoms in total. The predicted octanol–water partition coefficient (Wildman–Crippen LogP) is 3.42. The van der Waals surface area contributed by atoms with Crippen molar-refractivity contribution in [3.63, 3.8) is 0 Å². The van der Waals surface area contributed by atoms with Crippen molar-refractivity contribution in [1.82, 2.24) is 9.62 Å². The molecule has 1 saturated heterocycles. The predicted molar refractivity (Wildman–Crippen MR) is 102 cm³/mol. The molecular formula is C18H31ClN2O2S. The molecule has 138 valence electrons. The molecule has 1 aromatic rings. The maximum absolute atomic E-state index is 12.8. The molecule has 1 fully saturated rings. The molecular weight excluding hydrogens is 344 g/mol. The molecule has 24 heavy (non-hydrogen) atoms. The second-order valence-electron chi connectivity index (χ2n) is 7.43. The summed E-state index contributed by atoms with van der Waals surface area (Å²) in [6.07, 6.45) is 1.87. The third kappa shape index (κ3) is 5.19. The van der Waals surface area contributed by atoms with Gasteiger partial charge in [-0.1, -0.05) is 39.8 Å². The van der Waals surface area contributed by atoms with Gasteiger partial charge in [-0.3, -0.25) is 0 Å². The van der Waals surface area contributed by atoms with Crippen LogP contribution in [0.25, 0.3) is 0 Å². The highest BCUT2D eigenvalue weighted by atomic mass is 35.5. The molecule has 0 saturated carbocycles. The lowest BCUT2D eigenvalue weighted by atomic mass is 9.87. The third-order valence-corrected chi connectivity index (χ3v) is 6.53. The first-order valence-electron chi connectivity index (χ1n) is 8.56. The maximum Gasteiger partial charge on any atom is 0.243 e. The summed E-state index contributed by atoms with van der Waals surface area (Å²) in [6, 6.07) is 7.37. The molecule has 0 aromatic heterocycles. The van der Waals surface area contributed by atoms with Gasteiger partial charge in [-0.25, -0.2) is 8.42 Å². The summed E-state index contributed by atoms with van der Waals surface area (Å²) in [4.78, 5) is 0.413. The molecule has 1 aromatic carbocycles. The van der Waals surface area contributed by atoms with Crippen LogP contribution in [0.5, 0.6) is 0 Å². The summed E-state index contributed by atoms with van der Waals surface area (Å²) in [7, 11) is -3.36. The van der Waals surface area contributed by atoms with Crippen LogP contribution >= 0.6 is 12.4 Å². The molecule has 0 atom stereocenters. The molecule has 0 bridgehead atoms.